The van der Waals surface area contributed by atoms with Crippen LogP contribution in [0.15, 0.2) is 30.3 Å². The van der Waals surface area contributed by atoms with Crippen LogP contribution in [0.1, 0.15) is 31.2 Å². The highest BCUT2D eigenvalue weighted by molar-refractivity contribution is 5.72. The molecule has 1 aliphatic rings. The Morgan fingerprint density at radius 3 is 2.56 bits per heavy atom. The molecule has 1 fully saturated rings. The van der Waals surface area contributed by atoms with Crippen molar-refractivity contribution in [2.45, 2.75) is 31.3 Å². The van der Waals surface area contributed by atoms with Gasteiger partial charge in [-0.05, 0) is 18.4 Å². The number of carboxylic acids is 1. The van der Waals surface area contributed by atoms with E-state index in [9.17, 15) is 15.0 Å². The molecule has 0 unspecified atom stereocenters. The number of carboxylic acid groups (broad SMARTS) is 1. The highest BCUT2D eigenvalue weighted by Gasteiger charge is 2.44. The average Bonchev–Trinajstić information content (AvgIpc) is 2.30. The van der Waals surface area contributed by atoms with Crippen LogP contribution in [0.5, 0.6) is 0 Å². The van der Waals surface area contributed by atoms with Gasteiger partial charge in [-0.2, -0.15) is 0 Å². The van der Waals surface area contributed by atoms with Gasteiger partial charge in [0, 0.05) is 0 Å². The van der Waals surface area contributed by atoms with Crippen molar-refractivity contribution < 1.29 is 15.0 Å². The van der Waals surface area contributed by atoms with Crippen molar-refractivity contribution >= 4 is 5.97 Å². The molecule has 0 saturated heterocycles. The Kier molecular flexibility index (Phi) is 2.97. The second kappa shape index (κ2) is 4.26. The van der Waals surface area contributed by atoms with E-state index >= 15 is 0 Å². The molecule has 0 bridgehead atoms. The van der Waals surface area contributed by atoms with Gasteiger partial charge in [-0.3, -0.25) is 4.79 Å². The minimum Gasteiger partial charge on any atom is -0.481 e. The van der Waals surface area contributed by atoms with E-state index < -0.39 is 17.5 Å². The lowest BCUT2D eigenvalue weighted by Crippen LogP contribution is -2.42. The third-order valence-corrected chi connectivity index (χ3v) is 3.45. The summed E-state index contributed by atoms with van der Waals surface area (Å²) < 4.78 is 0. The number of aliphatic carboxylic acids is 1. The van der Waals surface area contributed by atoms with E-state index in [4.69, 9.17) is 0 Å². The first-order chi connectivity index (χ1) is 7.64. The summed E-state index contributed by atoms with van der Waals surface area (Å²) >= 11 is 0. The molecule has 2 atom stereocenters. The van der Waals surface area contributed by atoms with Crippen LogP contribution in [-0.2, 0) is 10.4 Å². The molecule has 1 saturated carbocycles. The van der Waals surface area contributed by atoms with Crippen LogP contribution < -0.4 is 0 Å². The molecule has 1 aromatic carbocycles. The summed E-state index contributed by atoms with van der Waals surface area (Å²) in [5.41, 5.74) is -0.465. The predicted octanol–water partition coefficient (Wildman–Crippen LogP) is 2.15. The van der Waals surface area contributed by atoms with Gasteiger partial charge >= 0.3 is 5.97 Å². The second-order valence-electron chi connectivity index (χ2n) is 4.43. The molecule has 2 N–H and O–H groups in total. The maximum atomic E-state index is 11.2. The summed E-state index contributed by atoms with van der Waals surface area (Å²) in [6, 6.07) is 9.15. The molecule has 1 aliphatic carbocycles. The highest BCUT2D eigenvalue weighted by atomic mass is 16.4. The monoisotopic (exact) mass is 220 g/mol. The molecule has 0 amide bonds. The molecule has 0 radical (unpaired) electrons. The number of carbonyl (C=O) groups is 1. The van der Waals surface area contributed by atoms with E-state index in [2.05, 4.69) is 0 Å². The maximum absolute atomic E-state index is 11.2. The molecule has 0 aliphatic heterocycles. The summed E-state index contributed by atoms with van der Waals surface area (Å²) in [7, 11) is 0. The van der Waals surface area contributed by atoms with Crippen molar-refractivity contribution in [2.75, 3.05) is 0 Å². The van der Waals surface area contributed by atoms with Crippen LogP contribution in [0.2, 0.25) is 0 Å². The molecule has 3 heteroatoms. The van der Waals surface area contributed by atoms with Gasteiger partial charge in [-0.1, -0.05) is 43.2 Å². The van der Waals surface area contributed by atoms with Gasteiger partial charge in [0.05, 0.1) is 5.92 Å². The Morgan fingerprint density at radius 2 is 1.94 bits per heavy atom. The van der Waals surface area contributed by atoms with E-state index in [0.717, 1.165) is 18.4 Å². The lowest BCUT2D eigenvalue weighted by Gasteiger charge is -2.38. The molecular weight excluding hydrogens is 204 g/mol. The Balaban J connectivity index is 2.37. The fourth-order valence-electron chi connectivity index (χ4n) is 2.56. The summed E-state index contributed by atoms with van der Waals surface area (Å²) in [5, 5.41) is 19.8. The Labute approximate surface area is 94.7 Å². The van der Waals surface area contributed by atoms with E-state index in [1.807, 2.05) is 18.2 Å². The molecule has 0 spiro atoms. The molecule has 0 aromatic heterocycles. The average molecular weight is 220 g/mol. The number of hydrogen-bond donors (Lipinski definition) is 2. The highest BCUT2D eigenvalue weighted by Crippen LogP contribution is 2.41. The molecule has 16 heavy (non-hydrogen) atoms. The fourth-order valence-corrected chi connectivity index (χ4v) is 2.56. The number of hydrogen-bond acceptors (Lipinski definition) is 2. The van der Waals surface area contributed by atoms with Gasteiger partial charge in [-0.15, -0.1) is 0 Å². The van der Waals surface area contributed by atoms with Crippen molar-refractivity contribution in [3.63, 3.8) is 0 Å². The molecule has 3 nitrogen and oxygen atoms in total. The third kappa shape index (κ3) is 1.83. The summed E-state index contributed by atoms with van der Waals surface area (Å²) in [6.07, 6.45) is 2.86. The zero-order valence-corrected chi connectivity index (χ0v) is 9.10. The van der Waals surface area contributed by atoms with Gasteiger partial charge in [0.15, 0.2) is 0 Å². The fraction of sp³-hybridized carbons (Fsp3) is 0.462. The maximum Gasteiger partial charge on any atom is 0.309 e. The first kappa shape index (κ1) is 11.1. The van der Waals surface area contributed by atoms with Crippen LogP contribution in [0.3, 0.4) is 0 Å². The minimum atomic E-state index is -1.19. The Morgan fingerprint density at radius 1 is 1.25 bits per heavy atom. The first-order valence-corrected chi connectivity index (χ1v) is 5.65. The number of rotatable bonds is 2. The lowest BCUT2D eigenvalue weighted by molar-refractivity contribution is -0.157. The molecule has 1 aromatic rings. The third-order valence-electron chi connectivity index (χ3n) is 3.45. The Bertz CT molecular complexity index is 374. The predicted molar refractivity (Wildman–Crippen MR) is 59.9 cm³/mol. The Hall–Kier alpha value is -1.35. The molecule has 2 rings (SSSR count). The molecule has 86 valence electrons. The topological polar surface area (TPSA) is 57.5 Å². The molecule has 0 heterocycles. The van der Waals surface area contributed by atoms with Crippen LogP contribution in [0.4, 0.5) is 0 Å². The van der Waals surface area contributed by atoms with E-state index in [1.54, 1.807) is 12.1 Å². The number of aliphatic hydroxyl groups is 1. The van der Waals surface area contributed by atoms with E-state index in [-0.39, 0.29) is 0 Å². The van der Waals surface area contributed by atoms with Crippen molar-refractivity contribution in [1.82, 2.24) is 0 Å². The largest absolute Gasteiger partial charge is 0.481 e. The van der Waals surface area contributed by atoms with E-state index in [1.165, 1.54) is 0 Å². The summed E-state index contributed by atoms with van der Waals surface area (Å²) in [4.78, 5) is 11.2. The SMILES string of the molecule is O=C(O)[C@H]1CCCC[C@]1(O)c1ccccc1. The van der Waals surface area contributed by atoms with Crippen molar-refractivity contribution in [3.05, 3.63) is 35.9 Å². The van der Waals surface area contributed by atoms with Crippen LogP contribution in [0, 0.1) is 5.92 Å². The number of benzene rings is 1. The second-order valence-corrected chi connectivity index (χ2v) is 4.43. The van der Waals surface area contributed by atoms with Gasteiger partial charge in [-0.25, -0.2) is 0 Å². The minimum absolute atomic E-state index is 0.536. The van der Waals surface area contributed by atoms with Gasteiger partial charge < -0.3 is 10.2 Å². The first-order valence-electron chi connectivity index (χ1n) is 5.65. The summed E-state index contributed by atoms with van der Waals surface area (Å²) in [5.74, 6) is -1.57. The van der Waals surface area contributed by atoms with Crippen LogP contribution in [0.25, 0.3) is 0 Å². The van der Waals surface area contributed by atoms with Gasteiger partial charge in [0.25, 0.3) is 0 Å². The zero-order chi connectivity index (χ0) is 11.6. The van der Waals surface area contributed by atoms with Crippen LogP contribution in [-0.4, -0.2) is 16.2 Å². The normalized spacial score (nSPS) is 29.9. The van der Waals surface area contributed by atoms with Crippen molar-refractivity contribution in [2.24, 2.45) is 5.92 Å². The lowest BCUT2D eigenvalue weighted by atomic mass is 9.71. The standard InChI is InChI=1S/C13H16O3/c14-12(15)11-8-4-5-9-13(11,16)10-6-2-1-3-7-10/h1-3,6-7,11,16H,4-5,8-9H2,(H,14,15)/t11-,13+/m1/s1. The van der Waals surface area contributed by atoms with E-state index in [0.29, 0.717) is 12.8 Å². The zero-order valence-electron chi connectivity index (χ0n) is 9.10. The quantitative estimate of drug-likeness (QED) is 0.802. The summed E-state index contributed by atoms with van der Waals surface area (Å²) in [6.45, 7) is 0. The van der Waals surface area contributed by atoms with Crippen LogP contribution >= 0.6 is 0 Å². The smallest absolute Gasteiger partial charge is 0.309 e. The van der Waals surface area contributed by atoms with Gasteiger partial charge in [0.2, 0.25) is 0 Å². The van der Waals surface area contributed by atoms with Gasteiger partial charge in [0.1, 0.15) is 5.60 Å². The molecular formula is C13H16O3. The van der Waals surface area contributed by atoms with Crippen molar-refractivity contribution in [1.29, 1.82) is 0 Å². The van der Waals surface area contributed by atoms with Crippen molar-refractivity contribution in [3.8, 4) is 0 Å².